The van der Waals surface area contributed by atoms with Gasteiger partial charge in [0, 0.05) is 48.9 Å². The van der Waals surface area contributed by atoms with E-state index in [2.05, 4.69) is 65.6 Å². The second-order valence-corrected chi connectivity index (χ2v) is 11.4. The summed E-state index contributed by atoms with van der Waals surface area (Å²) >= 11 is 0. The highest BCUT2D eigenvalue weighted by molar-refractivity contribution is 5.80. The van der Waals surface area contributed by atoms with Crippen LogP contribution < -0.4 is 0 Å². The van der Waals surface area contributed by atoms with Crippen molar-refractivity contribution in [3.05, 3.63) is 89.3 Å². The van der Waals surface area contributed by atoms with Crippen LogP contribution >= 0.6 is 0 Å². The van der Waals surface area contributed by atoms with Crippen LogP contribution in [0, 0.1) is 11.8 Å². The summed E-state index contributed by atoms with van der Waals surface area (Å²) in [7, 11) is 1.97. The Morgan fingerprint density at radius 2 is 2.00 bits per heavy atom. The van der Waals surface area contributed by atoms with Crippen molar-refractivity contribution >= 4 is 5.97 Å². The maximum Gasteiger partial charge on any atom is 0.328 e. The molecule has 0 bridgehead atoms. The van der Waals surface area contributed by atoms with Gasteiger partial charge in [0.25, 0.3) is 0 Å². The Balaban J connectivity index is 1.33. The zero-order valence-corrected chi connectivity index (χ0v) is 21.9. The minimum Gasteiger partial charge on any atom is -0.478 e. The molecular weight excluding hydrogens is 458 g/mol. The van der Waals surface area contributed by atoms with Gasteiger partial charge in [0.05, 0.1) is 6.20 Å². The monoisotopic (exact) mass is 495 g/mol. The summed E-state index contributed by atoms with van der Waals surface area (Å²) in [6.07, 6.45) is 24.6. The lowest BCUT2D eigenvalue weighted by atomic mass is 9.76. The van der Waals surface area contributed by atoms with Gasteiger partial charge in [-0.25, -0.2) is 4.79 Å². The number of aromatic nitrogens is 2. The molecule has 0 spiro atoms. The first kappa shape index (κ1) is 24.2. The minimum absolute atomic E-state index is 0.320. The molecule has 0 radical (unpaired) electrons. The van der Waals surface area contributed by atoms with Gasteiger partial charge in [-0.15, -0.1) is 0 Å². The fourth-order valence-corrected chi connectivity index (χ4v) is 6.83. The molecule has 2 unspecified atom stereocenters. The van der Waals surface area contributed by atoms with Gasteiger partial charge in [0.2, 0.25) is 0 Å². The molecule has 5 nitrogen and oxygen atoms in total. The van der Waals surface area contributed by atoms with E-state index in [9.17, 15) is 4.79 Å². The smallest absolute Gasteiger partial charge is 0.328 e. The molecule has 37 heavy (non-hydrogen) atoms. The highest BCUT2D eigenvalue weighted by atomic mass is 16.4. The van der Waals surface area contributed by atoms with E-state index in [0.29, 0.717) is 24.0 Å². The second-order valence-electron chi connectivity index (χ2n) is 11.4. The van der Waals surface area contributed by atoms with Gasteiger partial charge in [0.1, 0.15) is 0 Å². The first-order valence-corrected chi connectivity index (χ1v) is 13.8. The fraction of sp³-hybridized carbons (Fsp3) is 0.438. The van der Waals surface area contributed by atoms with Crippen LogP contribution in [0.1, 0.15) is 62.6 Å². The van der Waals surface area contributed by atoms with Gasteiger partial charge in [-0.2, -0.15) is 5.10 Å². The van der Waals surface area contributed by atoms with E-state index in [4.69, 9.17) is 5.11 Å². The predicted molar refractivity (Wildman–Crippen MR) is 147 cm³/mol. The molecule has 1 aromatic heterocycles. The number of rotatable bonds is 6. The third-order valence-electron chi connectivity index (χ3n) is 8.77. The maximum absolute atomic E-state index is 11.0. The van der Waals surface area contributed by atoms with E-state index >= 15 is 0 Å². The molecule has 4 atom stereocenters. The lowest BCUT2D eigenvalue weighted by Gasteiger charge is -2.50. The van der Waals surface area contributed by atoms with Gasteiger partial charge in [-0.1, -0.05) is 48.1 Å². The molecule has 2 aromatic rings. The molecule has 1 saturated carbocycles. The van der Waals surface area contributed by atoms with Crippen molar-refractivity contribution < 1.29 is 9.90 Å². The van der Waals surface area contributed by atoms with Crippen molar-refractivity contribution in [2.75, 3.05) is 0 Å². The number of carboxylic acid groups (broad SMARTS) is 1. The van der Waals surface area contributed by atoms with E-state index in [1.165, 1.54) is 48.4 Å². The van der Waals surface area contributed by atoms with Crippen molar-refractivity contribution in [1.82, 2.24) is 14.7 Å². The lowest BCUT2D eigenvalue weighted by Crippen LogP contribution is -2.50. The van der Waals surface area contributed by atoms with E-state index in [0.717, 1.165) is 36.3 Å². The first-order valence-electron chi connectivity index (χ1n) is 13.8. The minimum atomic E-state index is -0.905. The molecule has 192 valence electrons. The molecule has 6 rings (SSSR count). The summed E-state index contributed by atoms with van der Waals surface area (Å²) in [4.78, 5) is 13.8. The summed E-state index contributed by atoms with van der Waals surface area (Å²) in [5.74, 6) is 0.338. The number of carbonyl (C=O) groups is 1. The molecular formula is C32H37N3O2. The Hall–Kier alpha value is -3.18. The molecule has 0 saturated heterocycles. The number of aryl methyl sites for hydroxylation is 1. The summed E-state index contributed by atoms with van der Waals surface area (Å²) < 4.78 is 1.87. The number of fused-ring (bicyclic) bond motifs is 1. The summed E-state index contributed by atoms with van der Waals surface area (Å²) in [5, 5.41) is 13.4. The number of carboxylic acids is 1. The van der Waals surface area contributed by atoms with Crippen molar-refractivity contribution in [2.45, 2.75) is 70.0 Å². The van der Waals surface area contributed by atoms with Gasteiger partial charge in [-0.3, -0.25) is 9.58 Å². The van der Waals surface area contributed by atoms with Crippen molar-refractivity contribution in [2.24, 2.45) is 18.9 Å². The number of aliphatic carboxylic acids is 1. The Morgan fingerprint density at radius 3 is 2.65 bits per heavy atom. The van der Waals surface area contributed by atoms with Crippen LogP contribution in [0.2, 0.25) is 0 Å². The zero-order valence-electron chi connectivity index (χ0n) is 21.9. The standard InChI is InChI=1S/C32H37N3O2/c1-21-17-27-18-26(28-19-33-34(2)20-28)12-15-30(27)32(25-6-3-22(4-7-25)5-16-31(36)37)35(21)29-13-10-24(11-14-29)23-8-9-23/h3-6,10,12,15-16,18-21,23,25,29,32H,7-9,11,13-14,17H2,1-2H3,(H,36,37)/b16-5+/t21-,25?,29?,32-/m1/s1. The quantitative estimate of drug-likeness (QED) is 0.372. The van der Waals surface area contributed by atoms with Crippen LogP contribution in [-0.4, -0.2) is 37.8 Å². The van der Waals surface area contributed by atoms with Crippen molar-refractivity contribution in [1.29, 1.82) is 0 Å². The predicted octanol–water partition coefficient (Wildman–Crippen LogP) is 6.41. The fourth-order valence-electron chi connectivity index (χ4n) is 6.83. The Morgan fingerprint density at radius 1 is 1.14 bits per heavy atom. The van der Waals surface area contributed by atoms with Gasteiger partial charge >= 0.3 is 5.97 Å². The highest BCUT2D eigenvalue weighted by Gasteiger charge is 2.41. The molecule has 1 aliphatic heterocycles. The van der Waals surface area contributed by atoms with E-state index in [-0.39, 0.29) is 0 Å². The third kappa shape index (κ3) is 5.02. The van der Waals surface area contributed by atoms with Crippen molar-refractivity contribution in [3.8, 4) is 11.1 Å². The van der Waals surface area contributed by atoms with E-state index < -0.39 is 5.97 Å². The number of hydrogen-bond donors (Lipinski definition) is 1. The Bertz CT molecular complexity index is 1310. The molecule has 1 N–H and O–H groups in total. The topological polar surface area (TPSA) is 58.4 Å². The highest BCUT2D eigenvalue weighted by Crippen LogP contribution is 2.47. The molecule has 1 fully saturated rings. The molecule has 5 heteroatoms. The van der Waals surface area contributed by atoms with Crippen LogP contribution in [0.25, 0.3) is 11.1 Å². The molecule has 4 aliphatic rings. The summed E-state index contributed by atoms with van der Waals surface area (Å²) in [6.45, 7) is 2.41. The number of hydrogen-bond acceptors (Lipinski definition) is 3. The largest absolute Gasteiger partial charge is 0.478 e. The summed E-state index contributed by atoms with van der Waals surface area (Å²) in [5.41, 5.74) is 8.01. The lowest BCUT2D eigenvalue weighted by molar-refractivity contribution is -0.131. The third-order valence-corrected chi connectivity index (χ3v) is 8.77. The average Bonchev–Trinajstić information content (AvgIpc) is 3.66. The van der Waals surface area contributed by atoms with Gasteiger partial charge in [0.15, 0.2) is 0 Å². The van der Waals surface area contributed by atoms with Crippen molar-refractivity contribution in [3.63, 3.8) is 0 Å². The molecule has 3 aliphatic carbocycles. The molecule has 2 heterocycles. The number of benzene rings is 1. The average molecular weight is 496 g/mol. The summed E-state index contributed by atoms with van der Waals surface area (Å²) in [6, 6.07) is 8.38. The molecule has 0 amide bonds. The van der Waals surface area contributed by atoms with Crippen LogP contribution in [0.3, 0.4) is 0 Å². The van der Waals surface area contributed by atoms with Crippen LogP contribution in [0.4, 0.5) is 0 Å². The van der Waals surface area contributed by atoms with Gasteiger partial charge in [-0.05, 0) is 86.1 Å². The normalized spacial score (nSPS) is 28.2. The Labute approximate surface area is 219 Å². The van der Waals surface area contributed by atoms with E-state index in [1.807, 2.05) is 17.9 Å². The van der Waals surface area contributed by atoms with Crippen LogP contribution in [-0.2, 0) is 18.3 Å². The Kier molecular flexibility index (Phi) is 6.49. The zero-order chi connectivity index (χ0) is 25.5. The van der Waals surface area contributed by atoms with Gasteiger partial charge < -0.3 is 5.11 Å². The molecule has 1 aromatic carbocycles. The van der Waals surface area contributed by atoms with Crippen LogP contribution in [0.15, 0.2) is 78.2 Å². The van der Waals surface area contributed by atoms with Crippen LogP contribution in [0.5, 0.6) is 0 Å². The number of allylic oxidation sites excluding steroid dienone is 5. The van der Waals surface area contributed by atoms with E-state index in [1.54, 1.807) is 11.6 Å². The maximum atomic E-state index is 11.0. The number of nitrogens with zero attached hydrogens (tertiary/aromatic N) is 3. The SMILES string of the molecule is C[C@@H]1Cc2cc(-c3cnn(C)c3)ccc2[C@@H](C2C=CC(/C=C/C(=O)O)=CC2)N1C1CC=C(C2CC2)CC1. The second kappa shape index (κ2) is 9.94. The first-order chi connectivity index (χ1) is 18.0.